The highest BCUT2D eigenvalue weighted by Gasteiger charge is 2.29. The van der Waals surface area contributed by atoms with Crippen molar-refractivity contribution in [3.63, 3.8) is 0 Å². The Kier molecular flexibility index (Phi) is 4.49. The summed E-state index contributed by atoms with van der Waals surface area (Å²) in [6, 6.07) is 17.2. The standard InChI is InChI=1S/C22H27NO/c1-16-15-18-7-5-6-8-20(18)23(16)21(24)14-11-17-9-12-19(13-10-17)22(2,3)4/h5-10,12-13,16H,11,14-15H2,1-4H3/t16-/m1/s1. The van der Waals surface area contributed by atoms with E-state index in [1.807, 2.05) is 11.0 Å². The average Bonchev–Trinajstić information content (AvgIpc) is 2.88. The summed E-state index contributed by atoms with van der Waals surface area (Å²) < 4.78 is 0. The van der Waals surface area contributed by atoms with E-state index in [0.717, 1.165) is 18.5 Å². The topological polar surface area (TPSA) is 20.3 Å². The molecule has 0 aromatic heterocycles. The highest BCUT2D eigenvalue weighted by Crippen LogP contribution is 2.32. The highest BCUT2D eigenvalue weighted by atomic mass is 16.2. The Labute approximate surface area is 145 Å². The largest absolute Gasteiger partial charge is 0.309 e. The summed E-state index contributed by atoms with van der Waals surface area (Å²) in [5.41, 5.74) is 5.12. The van der Waals surface area contributed by atoms with Gasteiger partial charge in [0.2, 0.25) is 5.91 Å². The van der Waals surface area contributed by atoms with Gasteiger partial charge in [-0.25, -0.2) is 0 Å². The average molecular weight is 321 g/mol. The molecule has 1 heterocycles. The summed E-state index contributed by atoms with van der Waals surface area (Å²) >= 11 is 0. The smallest absolute Gasteiger partial charge is 0.227 e. The van der Waals surface area contributed by atoms with Crippen LogP contribution in [0, 0.1) is 0 Å². The summed E-state index contributed by atoms with van der Waals surface area (Å²) in [6.07, 6.45) is 2.32. The number of para-hydroxylation sites is 1. The number of fused-ring (bicyclic) bond motifs is 1. The molecule has 0 aliphatic carbocycles. The van der Waals surface area contributed by atoms with Gasteiger partial charge in [0.05, 0.1) is 0 Å². The van der Waals surface area contributed by atoms with Crippen molar-refractivity contribution in [2.24, 2.45) is 0 Å². The number of anilines is 1. The minimum atomic E-state index is 0.170. The molecule has 1 atom stereocenters. The number of nitrogens with zero attached hydrogens (tertiary/aromatic N) is 1. The number of amides is 1. The van der Waals surface area contributed by atoms with Crippen molar-refractivity contribution in [3.05, 3.63) is 65.2 Å². The van der Waals surface area contributed by atoms with E-state index in [9.17, 15) is 4.79 Å². The second kappa shape index (κ2) is 6.43. The van der Waals surface area contributed by atoms with E-state index in [1.165, 1.54) is 16.7 Å². The van der Waals surface area contributed by atoms with Crippen LogP contribution < -0.4 is 4.90 Å². The number of rotatable bonds is 3. The molecule has 0 saturated heterocycles. The van der Waals surface area contributed by atoms with E-state index < -0.39 is 0 Å². The normalized spacial score (nSPS) is 17.0. The Morgan fingerprint density at radius 1 is 1.08 bits per heavy atom. The Hall–Kier alpha value is -2.09. The first-order chi connectivity index (χ1) is 11.4. The highest BCUT2D eigenvalue weighted by molar-refractivity contribution is 5.96. The molecule has 0 saturated carbocycles. The summed E-state index contributed by atoms with van der Waals surface area (Å²) in [5.74, 6) is 0.229. The Balaban J connectivity index is 1.66. The molecular weight excluding hydrogens is 294 g/mol. The van der Waals surface area contributed by atoms with Gasteiger partial charge in [0.15, 0.2) is 0 Å². The van der Waals surface area contributed by atoms with Crippen LogP contribution in [0.1, 0.15) is 50.8 Å². The van der Waals surface area contributed by atoms with Crippen molar-refractivity contribution < 1.29 is 4.79 Å². The Bertz CT molecular complexity index is 724. The van der Waals surface area contributed by atoms with Crippen molar-refractivity contribution >= 4 is 11.6 Å². The minimum Gasteiger partial charge on any atom is -0.309 e. The molecule has 2 heteroatoms. The van der Waals surface area contributed by atoms with Gasteiger partial charge in [0.25, 0.3) is 0 Å². The van der Waals surface area contributed by atoms with Gasteiger partial charge < -0.3 is 4.90 Å². The maximum absolute atomic E-state index is 12.7. The van der Waals surface area contributed by atoms with Gasteiger partial charge in [0.1, 0.15) is 0 Å². The Morgan fingerprint density at radius 2 is 1.75 bits per heavy atom. The molecule has 2 nitrogen and oxygen atoms in total. The van der Waals surface area contributed by atoms with Crippen LogP contribution in [-0.2, 0) is 23.1 Å². The lowest BCUT2D eigenvalue weighted by atomic mass is 9.86. The van der Waals surface area contributed by atoms with Crippen LogP contribution in [0.2, 0.25) is 0 Å². The number of hydrogen-bond donors (Lipinski definition) is 0. The zero-order chi connectivity index (χ0) is 17.3. The van der Waals surface area contributed by atoms with E-state index in [2.05, 4.69) is 70.2 Å². The molecule has 1 amide bonds. The van der Waals surface area contributed by atoms with E-state index in [0.29, 0.717) is 6.42 Å². The predicted molar refractivity (Wildman–Crippen MR) is 101 cm³/mol. The summed E-state index contributed by atoms with van der Waals surface area (Å²) in [7, 11) is 0. The lowest BCUT2D eigenvalue weighted by Crippen LogP contribution is -2.35. The van der Waals surface area contributed by atoms with Crippen LogP contribution in [0.5, 0.6) is 0 Å². The van der Waals surface area contributed by atoms with Gasteiger partial charge in [-0.15, -0.1) is 0 Å². The van der Waals surface area contributed by atoms with E-state index in [1.54, 1.807) is 0 Å². The molecule has 1 aliphatic rings. The van der Waals surface area contributed by atoms with Crippen molar-refractivity contribution in [2.45, 2.75) is 58.4 Å². The van der Waals surface area contributed by atoms with Gasteiger partial charge in [-0.1, -0.05) is 63.2 Å². The lowest BCUT2D eigenvalue weighted by molar-refractivity contribution is -0.118. The molecule has 2 aromatic carbocycles. The van der Waals surface area contributed by atoms with Crippen molar-refractivity contribution in [1.82, 2.24) is 0 Å². The molecule has 0 radical (unpaired) electrons. The molecule has 1 aliphatic heterocycles. The molecule has 0 spiro atoms. The summed E-state index contributed by atoms with van der Waals surface area (Å²) in [5, 5.41) is 0. The molecule has 24 heavy (non-hydrogen) atoms. The van der Waals surface area contributed by atoms with Crippen LogP contribution in [0.15, 0.2) is 48.5 Å². The van der Waals surface area contributed by atoms with Crippen molar-refractivity contribution in [2.75, 3.05) is 4.90 Å². The molecule has 0 bridgehead atoms. The van der Waals surface area contributed by atoms with Crippen LogP contribution in [0.4, 0.5) is 5.69 Å². The van der Waals surface area contributed by atoms with Crippen molar-refractivity contribution in [3.8, 4) is 0 Å². The maximum Gasteiger partial charge on any atom is 0.227 e. The van der Waals surface area contributed by atoms with Gasteiger partial charge in [0, 0.05) is 18.2 Å². The fraction of sp³-hybridized carbons (Fsp3) is 0.409. The maximum atomic E-state index is 12.7. The third-order valence-corrected chi connectivity index (χ3v) is 4.92. The molecule has 126 valence electrons. The first-order valence-electron chi connectivity index (χ1n) is 8.85. The third kappa shape index (κ3) is 3.38. The van der Waals surface area contributed by atoms with Gasteiger partial charge in [-0.05, 0) is 47.9 Å². The fourth-order valence-corrected chi connectivity index (χ4v) is 3.49. The van der Waals surface area contributed by atoms with Crippen molar-refractivity contribution in [1.29, 1.82) is 0 Å². The van der Waals surface area contributed by atoms with E-state index in [-0.39, 0.29) is 17.4 Å². The monoisotopic (exact) mass is 321 g/mol. The second-order valence-corrected chi connectivity index (χ2v) is 7.89. The zero-order valence-electron chi connectivity index (χ0n) is 15.2. The Morgan fingerprint density at radius 3 is 2.42 bits per heavy atom. The van der Waals surface area contributed by atoms with Crippen LogP contribution in [-0.4, -0.2) is 11.9 Å². The molecule has 0 fully saturated rings. The molecule has 3 rings (SSSR count). The summed E-state index contributed by atoms with van der Waals surface area (Å²) in [6.45, 7) is 8.79. The number of carbonyl (C=O) groups excluding carboxylic acids is 1. The zero-order valence-corrected chi connectivity index (χ0v) is 15.2. The van der Waals surface area contributed by atoms with Gasteiger partial charge in [-0.3, -0.25) is 4.79 Å². The van der Waals surface area contributed by atoms with Gasteiger partial charge in [-0.2, -0.15) is 0 Å². The van der Waals surface area contributed by atoms with E-state index >= 15 is 0 Å². The third-order valence-electron chi connectivity index (χ3n) is 4.92. The minimum absolute atomic E-state index is 0.170. The van der Waals surface area contributed by atoms with E-state index in [4.69, 9.17) is 0 Å². The molecule has 2 aromatic rings. The quantitative estimate of drug-likeness (QED) is 0.788. The van der Waals surface area contributed by atoms with Crippen LogP contribution in [0.3, 0.4) is 0 Å². The predicted octanol–water partition coefficient (Wildman–Crippen LogP) is 4.89. The lowest BCUT2D eigenvalue weighted by Gasteiger charge is -2.23. The second-order valence-electron chi connectivity index (χ2n) is 7.89. The molecular formula is C22H27NO. The number of aryl methyl sites for hydroxylation is 1. The van der Waals surface area contributed by atoms with Crippen LogP contribution >= 0.6 is 0 Å². The van der Waals surface area contributed by atoms with Crippen LogP contribution in [0.25, 0.3) is 0 Å². The SMILES string of the molecule is C[C@@H]1Cc2ccccc2N1C(=O)CCc1ccc(C(C)(C)C)cc1. The first-order valence-corrected chi connectivity index (χ1v) is 8.85. The number of benzene rings is 2. The molecule has 0 N–H and O–H groups in total. The number of carbonyl (C=O) groups is 1. The molecule has 0 unspecified atom stereocenters. The fourth-order valence-electron chi connectivity index (χ4n) is 3.49. The summed E-state index contributed by atoms with van der Waals surface area (Å²) in [4.78, 5) is 14.7. The first kappa shape index (κ1) is 16.8. The number of hydrogen-bond acceptors (Lipinski definition) is 1. The van der Waals surface area contributed by atoms with Gasteiger partial charge >= 0.3 is 0 Å².